The van der Waals surface area contributed by atoms with Gasteiger partial charge in [0.1, 0.15) is 17.4 Å². The maximum atomic E-state index is 11.9. The third-order valence-corrected chi connectivity index (χ3v) is 3.41. The van der Waals surface area contributed by atoms with Gasteiger partial charge in [-0.05, 0) is 24.3 Å². The number of ether oxygens (including phenoxy) is 1. The molecule has 0 N–H and O–H groups in total. The predicted molar refractivity (Wildman–Crippen MR) is 63.8 cm³/mol. The molecule has 1 aromatic heterocycles. The highest BCUT2D eigenvalue weighted by molar-refractivity contribution is 6.03. The fourth-order valence-electron chi connectivity index (χ4n) is 2.03. The average molecular weight is 230 g/mol. The molecule has 0 aliphatic heterocycles. The Morgan fingerprint density at radius 2 is 2.24 bits per heavy atom. The number of benzene rings is 1. The smallest absolute Gasteiger partial charge is 0.342 e. The minimum atomic E-state index is -0.283. The lowest BCUT2D eigenvalue weighted by atomic mass is 10.2. The van der Waals surface area contributed by atoms with E-state index in [4.69, 9.17) is 9.15 Å². The summed E-state index contributed by atoms with van der Waals surface area (Å²) < 4.78 is 10.6. The van der Waals surface area contributed by atoms with Gasteiger partial charge in [0.25, 0.3) is 0 Å². The fourth-order valence-corrected chi connectivity index (χ4v) is 2.03. The normalized spacial score (nSPS) is 22.6. The Labute approximate surface area is 99.4 Å². The summed E-state index contributed by atoms with van der Waals surface area (Å²) in [4.78, 5) is 11.9. The van der Waals surface area contributed by atoms with Crippen molar-refractivity contribution in [3.63, 3.8) is 0 Å². The molecule has 0 amide bonds. The van der Waals surface area contributed by atoms with Crippen molar-refractivity contribution in [2.24, 2.45) is 11.8 Å². The van der Waals surface area contributed by atoms with E-state index in [-0.39, 0.29) is 5.97 Å². The van der Waals surface area contributed by atoms with Gasteiger partial charge in [-0.25, -0.2) is 4.79 Å². The maximum absolute atomic E-state index is 11.9. The van der Waals surface area contributed by atoms with Crippen LogP contribution in [-0.2, 0) is 4.74 Å². The molecule has 2 atom stereocenters. The summed E-state index contributed by atoms with van der Waals surface area (Å²) in [6.45, 7) is 2.70. The minimum Gasteiger partial charge on any atom is -0.463 e. The molecule has 1 saturated carbocycles. The SMILES string of the molecule is CC1CC1COC(=O)c1coc2ccccc12. The van der Waals surface area contributed by atoms with Crippen LogP contribution in [0.15, 0.2) is 34.9 Å². The van der Waals surface area contributed by atoms with Gasteiger partial charge in [-0.2, -0.15) is 0 Å². The predicted octanol–water partition coefficient (Wildman–Crippen LogP) is 3.25. The van der Waals surface area contributed by atoms with E-state index in [2.05, 4.69) is 6.92 Å². The Morgan fingerprint density at radius 3 is 3.00 bits per heavy atom. The molecule has 1 aliphatic carbocycles. The van der Waals surface area contributed by atoms with Crippen molar-refractivity contribution in [2.75, 3.05) is 6.61 Å². The highest BCUT2D eigenvalue weighted by atomic mass is 16.5. The number of hydrogen-bond acceptors (Lipinski definition) is 3. The molecule has 2 aromatic rings. The lowest BCUT2D eigenvalue weighted by Crippen LogP contribution is -2.07. The van der Waals surface area contributed by atoms with E-state index >= 15 is 0 Å². The van der Waals surface area contributed by atoms with Crippen LogP contribution < -0.4 is 0 Å². The standard InChI is InChI=1S/C14H14O3/c1-9-6-10(9)7-17-14(15)12-8-16-13-5-3-2-4-11(12)13/h2-5,8-10H,6-7H2,1H3. The number of carbonyl (C=O) groups excluding carboxylic acids is 1. The Balaban J connectivity index is 1.76. The molecule has 1 aromatic carbocycles. The summed E-state index contributed by atoms with van der Waals surface area (Å²) >= 11 is 0. The van der Waals surface area contributed by atoms with Gasteiger partial charge in [-0.1, -0.05) is 25.1 Å². The van der Waals surface area contributed by atoms with Crippen LogP contribution in [0.4, 0.5) is 0 Å². The van der Waals surface area contributed by atoms with E-state index in [1.165, 1.54) is 12.7 Å². The summed E-state index contributed by atoms with van der Waals surface area (Å²) in [6, 6.07) is 7.48. The first kappa shape index (κ1) is 10.4. The molecular formula is C14H14O3. The number of hydrogen-bond donors (Lipinski definition) is 0. The molecule has 3 nitrogen and oxygen atoms in total. The fraction of sp³-hybridized carbons (Fsp3) is 0.357. The molecule has 1 aliphatic rings. The number of rotatable bonds is 3. The molecule has 0 bridgehead atoms. The van der Waals surface area contributed by atoms with Gasteiger partial charge < -0.3 is 9.15 Å². The second-order valence-electron chi connectivity index (χ2n) is 4.72. The summed E-state index contributed by atoms with van der Waals surface area (Å²) in [5.74, 6) is 0.968. The lowest BCUT2D eigenvalue weighted by Gasteiger charge is -2.01. The molecule has 17 heavy (non-hydrogen) atoms. The van der Waals surface area contributed by atoms with E-state index in [1.807, 2.05) is 24.3 Å². The van der Waals surface area contributed by atoms with E-state index in [1.54, 1.807) is 0 Å². The Kier molecular flexibility index (Phi) is 2.39. The third-order valence-electron chi connectivity index (χ3n) is 3.41. The zero-order chi connectivity index (χ0) is 11.8. The molecule has 3 rings (SSSR count). The Hall–Kier alpha value is -1.77. The highest BCUT2D eigenvalue weighted by Crippen LogP contribution is 2.37. The van der Waals surface area contributed by atoms with Crippen LogP contribution in [0.25, 0.3) is 11.0 Å². The first-order valence-electron chi connectivity index (χ1n) is 5.89. The van der Waals surface area contributed by atoms with Crippen LogP contribution in [0, 0.1) is 11.8 Å². The summed E-state index contributed by atoms with van der Waals surface area (Å²) in [5.41, 5.74) is 1.24. The van der Waals surface area contributed by atoms with Crippen molar-refractivity contribution in [3.05, 3.63) is 36.1 Å². The van der Waals surface area contributed by atoms with E-state index < -0.39 is 0 Å². The van der Waals surface area contributed by atoms with Gasteiger partial charge >= 0.3 is 5.97 Å². The number of furan rings is 1. The molecule has 88 valence electrons. The quantitative estimate of drug-likeness (QED) is 0.760. The monoisotopic (exact) mass is 230 g/mol. The lowest BCUT2D eigenvalue weighted by molar-refractivity contribution is 0.0482. The summed E-state index contributed by atoms with van der Waals surface area (Å²) in [5, 5.41) is 0.821. The zero-order valence-corrected chi connectivity index (χ0v) is 9.68. The van der Waals surface area contributed by atoms with E-state index in [0.717, 1.165) is 11.0 Å². The van der Waals surface area contributed by atoms with Gasteiger partial charge in [-0.15, -0.1) is 0 Å². The van der Waals surface area contributed by atoms with Crippen LogP contribution in [0.5, 0.6) is 0 Å². The van der Waals surface area contributed by atoms with E-state index in [9.17, 15) is 4.79 Å². The first-order valence-corrected chi connectivity index (χ1v) is 5.89. The van der Waals surface area contributed by atoms with Crippen LogP contribution in [-0.4, -0.2) is 12.6 Å². The largest absolute Gasteiger partial charge is 0.463 e. The first-order chi connectivity index (χ1) is 8.25. The summed E-state index contributed by atoms with van der Waals surface area (Å²) in [6.07, 6.45) is 2.64. The second kappa shape index (κ2) is 3.91. The van der Waals surface area contributed by atoms with Gasteiger partial charge in [0.2, 0.25) is 0 Å². The molecule has 1 heterocycles. The molecule has 0 spiro atoms. The van der Waals surface area contributed by atoms with Crippen molar-refractivity contribution >= 4 is 16.9 Å². The van der Waals surface area contributed by atoms with Crippen molar-refractivity contribution in [2.45, 2.75) is 13.3 Å². The van der Waals surface area contributed by atoms with Crippen LogP contribution in [0.1, 0.15) is 23.7 Å². The number of fused-ring (bicyclic) bond motifs is 1. The van der Waals surface area contributed by atoms with Crippen LogP contribution in [0.3, 0.4) is 0 Å². The van der Waals surface area contributed by atoms with Crippen molar-refractivity contribution in [1.82, 2.24) is 0 Å². The molecule has 2 unspecified atom stereocenters. The van der Waals surface area contributed by atoms with Crippen molar-refractivity contribution in [1.29, 1.82) is 0 Å². The van der Waals surface area contributed by atoms with E-state index in [0.29, 0.717) is 24.0 Å². The number of esters is 1. The highest BCUT2D eigenvalue weighted by Gasteiger charge is 2.33. The molecule has 3 heteroatoms. The minimum absolute atomic E-state index is 0.283. The van der Waals surface area contributed by atoms with Crippen LogP contribution in [0.2, 0.25) is 0 Å². The molecule has 1 fully saturated rings. The zero-order valence-electron chi connectivity index (χ0n) is 9.68. The molecule has 0 saturated heterocycles. The Morgan fingerprint density at radius 1 is 1.47 bits per heavy atom. The average Bonchev–Trinajstić information content (AvgIpc) is 2.89. The van der Waals surface area contributed by atoms with Gasteiger partial charge in [0, 0.05) is 5.39 Å². The van der Waals surface area contributed by atoms with Gasteiger partial charge in [0.05, 0.1) is 6.61 Å². The second-order valence-corrected chi connectivity index (χ2v) is 4.72. The molecule has 0 radical (unpaired) electrons. The topological polar surface area (TPSA) is 39.4 Å². The number of carbonyl (C=O) groups is 1. The number of para-hydroxylation sites is 1. The third kappa shape index (κ3) is 1.93. The van der Waals surface area contributed by atoms with Gasteiger partial charge in [-0.3, -0.25) is 0 Å². The van der Waals surface area contributed by atoms with Crippen molar-refractivity contribution < 1.29 is 13.9 Å². The summed E-state index contributed by atoms with van der Waals surface area (Å²) in [7, 11) is 0. The Bertz CT molecular complexity index is 555. The molecular weight excluding hydrogens is 216 g/mol. The maximum Gasteiger partial charge on any atom is 0.342 e. The van der Waals surface area contributed by atoms with Crippen molar-refractivity contribution in [3.8, 4) is 0 Å². The van der Waals surface area contributed by atoms with Crippen LogP contribution >= 0.6 is 0 Å². The van der Waals surface area contributed by atoms with Gasteiger partial charge in [0.15, 0.2) is 0 Å².